The highest BCUT2D eigenvalue weighted by molar-refractivity contribution is 8.00. The van der Waals surface area contributed by atoms with Gasteiger partial charge in [0.1, 0.15) is 0 Å². The Morgan fingerprint density at radius 3 is 2.81 bits per heavy atom. The lowest BCUT2D eigenvalue weighted by molar-refractivity contribution is -0.115. The summed E-state index contributed by atoms with van der Waals surface area (Å²) in [4.78, 5) is 35.8. The van der Waals surface area contributed by atoms with E-state index in [2.05, 4.69) is 20.3 Å². The number of rotatable bonds is 7. The quantitative estimate of drug-likeness (QED) is 0.463. The number of carbonyl (C=O) groups excluding carboxylic acids is 1. The maximum Gasteiger partial charge on any atom is 0.251 e. The Balaban J connectivity index is 1.65. The zero-order valence-corrected chi connectivity index (χ0v) is 16.7. The molecule has 0 aliphatic carbocycles. The molecule has 0 aliphatic heterocycles. The highest BCUT2D eigenvalue weighted by Gasteiger charge is 2.18. The Labute approximate surface area is 165 Å². The Morgan fingerprint density at radius 1 is 1.30 bits per heavy atom. The van der Waals surface area contributed by atoms with E-state index in [1.807, 2.05) is 42.6 Å². The van der Waals surface area contributed by atoms with Crippen molar-refractivity contribution in [3.8, 4) is 11.3 Å². The largest absolute Gasteiger partial charge is 0.301 e. The smallest absolute Gasteiger partial charge is 0.251 e. The third kappa shape index (κ3) is 5.27. The highest BCUT2D eigenvalue weighted by atomic mass is 32.2. The van der Waals surface area contributed by atoms with Gasteiger partial charge in [0.15, 0.2) is 10.3 Å². The second kappa shape index (κ2) is 8.96. The summed E-state index contributed by atoms with van der Waals surface area (Å²) in [7, 11) is 0. The van der Waals surface area contributed by atoms with Crippen molar-refractivity contribution in [1.82, 2.24) is 15.0 Å². The number of anilines is 1. The van der Waals surface area contributed by atoms with Crippen LogP contribution in [-0.2, 0) is 11.2 Å². The summed E-state index contributed by atoms with van der Waals surface area (Å²) in [5, 5.41) is 5.33. The molecular weight excluding hydrogens is 380 g/mol. The normalized spacial score (nSPS) is 11.9. The average molecular weight is 401 g/mol. The first-order valence-corrected chi connectivity index (χ1v) is 10.4. The van der Waals surface area contributed by atoms with Gasteiger partial charge in [-0.05, 0) is 13.3 Å². The van der Waals surface area contributed by atoms with Crippen molar-refractivity contribution in [3.63, 3.8) is 0 Å². The molecule has 0 aliphatic rings. The molecule has 140 valence electrons. The second-order valence-corrected chi connectivity index (χ2v) is 8.13. The Hall–Kier alpha value is -2.45. The minimum atomic E-state index is -0.422. The maximum atomic E-state index is 12.5. The number of H-pyrrole nitrogens is 1. The van der Waals surface area contributed by atoms with E-state index in [4.69, 9.17) is 0 Å². The number of hydrogen-bond acceptors (Lipinski definition) is 6. The number of thioether (sulfide) groups is 1. The minimum absolute atomic E-state index is 0.183. The number of hydrogen-bond donors (Lipinski definition) is 2. The molecule has 0 fully saturated rings. The number of aromatic amines is 1. The van der Waals surface area contributed by atoms with E-state index in [1.54, 1.807) is 6.92 Å². The maximum absolute atomic E-state index is 12.5. The van der Waals surface area contributed by atoms with Crippen LogP contribution in [0.15, 0.2) is 51.7 Å². The summed E-state index contributed by atoms with van der Waals surface area (Å²) in [6, 6.07) is 11.3. The number of benzene rings is 1. The van der Waals surface area contributed by atoms with Crippen molar-refractivity contribution in [2.45, 2.75) is 37.1 Å². The fourth-order valence-corrected chi connectivity index (χ4v) is 3.98. The van der Waals surface area contributed by atoms with Crippen molar-refractivity contribution in [2.75, 3.05) is 5.32 Å². The molecule has 0 radical (unpaired) electrons. The van der Waals surface area contributed by atoms with Crippen LogP contribution in [0.5, 0.6) is 0 Å². The number of aryl methyl sites for hydroxylation is 1. The third-order valence-electron chi connectivity index (χ3n) is 3.74. The first-order chi connectivity index (χ1) is 13.0. The standard InChI is InChI=1S/C19H20N4O2S2/c1-3-7-14-10-16(24)22-19(20-14)27-12(2)17(25)23-18-21-15(11-26-18)13-8-5-4-6-9-13/h4-6,8-12H,3,7H2,1-2H3,(H,20,22,24)(H,21,23,25)/t12-/m0/s1. The molecule has 0 saturated heterocycles. The van der Waals surface area contributed by atoms with E-state index in [-0.39, 0.29) is 11.5 Å². The SMILES string of the molecule is CCCc1cc(=O)[nH]c(S[C@@H](C)C(=O)Nc2nc(-c3ccccc3)cs2)n1. The summed E-state index contributed by atoms with van der Waals surface area (Å²) < 4.78 is 0. The van der Waals surface area contributed by atoms with Crippen LogP contribution in [-0.4, -0.2) is 26.1 Å². The van der Waals surface area contributed by atoms with E-state index in [9.17, 15) is 9.59 Å². The Morgan fingerprint density at radius 2 is 2.07 bits per heavy atom. The predicted molar refractivity (Wildman–Crippen MR) is 110 cm³/mol. The fourth-order valence-electron chi connectivity index (χ4n) is 2.42. The molecule has 8 heteroatoms. The Kier molecular flexibility index (Phi) is 6.41. The van der Waals surface area contributed by atoms with Gasteiger partial charge in [0.05, 0.1) is 10.9 Å². The van der Waals surface area contributed by atoms with E-state index in [0.29, 0.717) is 10.3 Å². The monoisotopic (exact) mass is 400 g/mol. The summed E-state index contributed by atoms with van der Waals surface area (Å²) >= 11 is 2.61. The van der Waals surface area contributed by atoms with Gasteiger partial charge >= 0.3 is 0 Å². The van der Waals surface area contributed by atoms with Crippen LogP contribution in [0.2, 0.25) is 0 Å². The van der Waals surface area contributed by atoms with E-state index < -0.39 is 5.25 Å². The molecule has 1 amide bonds. The van der Waals surface area contributed by atoms with Gasteiger partial charge in [0, 0.05) is 22.7 Å². The molecule has 3 aromatic rings. The number of thiazole rings is 1. The Bertz CT molecular complexity index is 969. The lowest BCUT2D eigenvalue weighted by Crippen LogP contribution is -2.23. The first-order valence-electron chi connectivity index (χ1n) is 8.64. The summed E-state index contributed by atoms with van der Waals surface area (Å²) in [5.41, 5.74) is 2.38. The number of nitrogens with one attached hydrogen (secondary N) is 2. The van der Waals surface area contributed by atoms with Crippen LogP contribution < -0.4 is 10.9 Å². The van der Waals surface area contributed by atoms with Gasteiger partial charge < -0.3 is 10.3 Å². The van der Waals surface area contributed by atoms with Gasteiger partial charge in [-0.1, -0.05) is 55.4 Å². The van der Waals surface area contributed by atoms with Gasteiger partial charge in [0.2, 0.25) is 5.91 Å². The average Bonchev–Trinajstić information content (AvgIpc) is 3.10. The third-order valence-corrected chi connectivity index (χ3v) is 5.48. The first kappa shape index (κ1) is 19.3. The van der Waals surface area contributed by atoms with E-state index in [1.165, 1.54) is 29.2 Å². The van der Waals surface area contributed by atoms with E-state index >= 15 is 0 Å². The summed E-state index contributed by atoms with van der Waals surface area (Å²) in [5.74, 6) is -0.183. The number of aromatic nitrogens is 3. The van der Waals surface area contributed by atoms with Crippen LogP contribution in [0.3, 0.4) is 0 Å². The van der Waals surface area contributed by atoms with Crippen LogP contribution in [0, 0.1) is 0 Å². The van der Waals surface area contributed by atoms with Crippen molar-refractivity contribution in [1.29, 1.82) is 0 Å². The number of carbonyl (C=O) groups is 1. The second-order valence-electron chi connectivity index (χ2n) is 5.95. The molecule has 3 rings (SSSR count). The molecule has 1 atom stereocenters. The van der Waals surface area contributed by atoms with Gasteiger partial charge in [0.25, 0.3) is 5.56 Å². The van der Waals surface area contributed by atoms with Crippen LogP contribution in [0.25, 0.3) is 11.3 Å². The van der Waals surface area contributed by atoms with E-state index in [0.717, 1.165) is 29.8 Å². The van der Waals surface area contributed by atoms with Crippen LogP contribution in [0.4, 0.5) is 5.13 Å². The lowest BCUT2D eigenvalue weighted by Gasteiger charge is -2.10. The minimum Gasteiger partial charge on any atom is -0.301 e. The molecule has 0 spiro atoms. The fraction of sp³-hybridized carbons (Fsp3) is 0.263. The van der Waals surface area contributed by atoms with Gasteiger partial charge in [-0.15, -0.1) is 11.3 Å². The lowest BCUT2D eigenvalue weighted by atomic mass is 10.2. The molecule has 0 bridgehead atoms. The number of nitrogens with zero attached hydrogens (tertiary/aromatic N) is 2. The number of amides is 1. The van der Waals surface area contributed by atoms with Crippen LogP contribution >= 0.6 is 23.1 Å². The highest BCUT2D eigenvalue weighted by Crippen LogP contribution is 2.26. The van der Waals surface area contributed by atoms with Gasteiger partial charge in [-0.2, -0.15) is 0 Å². The van der Waals surface area contributed by atoms with Gasteiger partial charge in [-0.25, -0.2) is 9.97 Å². The molecule has 6 nitrogen and oxygen atoms in total. The van der Waals surface area contributed by atoms with Crippen molar-refractivity contribution >= 4 is 34.1 Å². The molecule has 2 heterocycles. The molecule has 1 aromatic carbocycles. The summed E-state index contributed by atoms with van der Waals surface area (Å²) in [6.07, 6.45) is 1.64. The zero-order valence-electron chi connectivity index (χ0n) is 15.1. The zero-order chi connectivity index (χ0) is 19.2. The molecule has 0 saturated carbocycles. The summed E-state index contributed by atoms with van der Waals surface area (Å²) in [6.45, 7) is 3.81. The van der Waals surface area contributed by atoms with Gasteiger partial charge in [-0.3, -0.25) is 9.59 Å². The van der Waals surface area contributed by atoms with Crippen molar-refractivity contribution in [3.05, 3.63) is 57.8 Å². The molecule has 0 unspecified atom stereocenters. The van der Waals surface area contributed by atoms with Crippen LogP contribution in [0.1, 0.15) is 26.0 Å². The molecule has 27 heavy (non-hydrogen) atoms. The molecule has 2 N–H and O–H groups in total. The van der Waals surface area contributed by atoms with Crippen molar-refractivity contribution < 1.29 is 4.79 Å². The topological polar surface area (TPSA) is 87.7 Å². The molecule has 2 aromatic heterocycles. The van der Waals surface area contributed by atoms with Crippen molar-refractivity contribution in [2.24, 2.45) is 0 Å². The molecular formula is C19H20N4O2S2. The predicted octanol–water partition coefficient (Wildman–Crippen LogP) is 3.97.